The topological polar surface area (TPSA) is 0 Å². The van der Waals surface area contributed by atoms with Gasteiger partial charge in [-0.25, -0.2) is 0 Å². The molecule has 0 nitrogen and oxygen atoms in total. The molecule has 0 bridgehead atoms. The molecule has 0 radical (unpaired) electrons. The van der Waals surface area contributed by atoms with Crippen LogP contribution in [0.15, 0.2) is 11.6 Å². The summed E-state index contributed by atoms with van der Waals surface area (Å²) in [5.74, 6) is 2.54. The summed E-state index contributed by atoms with van der Waals surface area (Å²) >= 11 is 3.29. The zero-order chi connectivity index (χ0) is 6.41. The molecule has 0 aromatic heterocycles. The third-order valence-corrected chi connectivity index (χ3v) is 1.25. The summed E-state index contributed by atoms with van der Waals surface area (Å²) in [5, 5.41) is 0.992. The van der Waals surface area contributed by atoms with Gasteiger partial charge in [-0.3, -0.25) is 0 Å². The van der Waals surface area contributed by atoms with Gasteiger partial charge < -0.3 is 0 Å². The van der Waals surface area contributed by atoms with Crippen molar-refractivity contribution in [3.63, 3.8) is 0 Å². The Hall–Kier alpha value is -0.220. The fourth-order valence-electron chi connectivity index (χ4n) is 0.330. The van der Waals surface area contributed by atoms with Crippen molar-refractivity contribution in [2.24, 2.45) is 0 Å². The minimum atomic E-state index is 0.992. The molecule has 0 heterocycles. The van der Waals surface area contributed by atoms with Crippen LogP contribution in [-0.2, 0) is 0 Å². The minimum absolute atomic E-state index is 0.992. The quantitative estimate of drug-likeness (QED) is 0.444. The van der Waals surface area contributed by atoms with Crippen molar-refractivity contribution in [1.82, 2.24) is 0 Å². The van der Waals surface area contributed by atoms with Crippen molar-refractivity contribution in [3.05, 3.63) is 11.6 Å². The lowest BCUT2D eigenvalue weighted by molar-refractivity contribution is 1.23. The van der Waals surface area contributed by atoms with Gasteiger partial charge in [0.2, 0.25) is 0 Å². The third-order valence-electron chi connectivity index (χ3n) is 0.787. The van der Waals surface area contributed by atoms with Gasteiger partial charge in [0.15, 0.2) is 0 Å². The highest BCUT2D eigenvalue weighted by molar-refractivity contribution is 9.09. The first kappa shape index (κ1) is 7.78. The highest BCUT2D eigenvalue weighted by atomic mass is 79.9. The fourth-order valence-corrected chi connectivity index (χ4v) is 0.559. The van der Waals surface area contributed by atoms with Gasteiger partial charge in [0.1, 0.15) is 0 Å². The maximum Gasteiger partial charge on any atom is 0.00663 e. The van der Waals surface area contributed by atoms with Crippen molar-refractivity contribution in [2.45, 2.75) is 13.3 Å². The van der Waals surface area contributed by atoms with E-state index in [4.69, 9.17) is 6.42 Å². The van der Waals surface area contributed by atoms with Gasteiger partial charge >= 0.3 is 0 Å². The minimum Gasteiger partial charge on any atom is -0.115 e. The molecule has 0 rings (SSSR count). The second-order valence-electron chi connectivity index (χ2n) is 1.51. The van der Waals surface area contributed by atoms with E-state index < -0.39 is 0 Å². The molecule has 0 spiro atoms. The molecule has 0 amide bonds. The summed E-state index contributed by atoms with van der Waals surface area (Å²) in [7, 11) is 0. The largest absolute Gasteiger partial charge is 0.115 e. The van der Waals surface area contributed by atoms with E-state index >= 15 is 0 Å². The van der Waals surface area contributed by atoms with Crippen LogP contribution in [-0.4, -0.2) is 5.33 Å². The monoisotopic (exact) mass is 172 g/mol. The molecule has 0 unspecified atom stereocenters. The molecule has 0 atom stereocenters. The zero-order valence-corrected chi connectivity index (χ0v) is 6.53. The van der Waals surface area contributed by atoms with E-state index in [1.165, 1.54) is 0 Å². The average Bonchev–Trinajstić information content (AvgIpc) is 1.83. The smallest absolute Gasteiger partial charge is 0.00663 e. The van der Waals surface area contributed by atoms with E-state index in [1.807, 2.05) is 13.0 Å². The Kier molecular flexibility index (Phi) is 4.79. The Bertz CT molecular complexity index is 117. The van der Waals surface area contributed by atoms with Crippen molar-refractivity contribution >= 4 is 15.9 Å². The van der Waals surface area contributed by atoms with Crippen LogP contribution in [0.1, 0.15) is 13.3 Å². The van der Waals surface area contributed by atoms with Gasteiger partial charge in [-0.2, -0.15) is 0 Å². The number of allylic oxidation sites excluding steroid dienone is 2. The maximum absolute atomic E-state index is 5.08. The molecule has 8 heavy (non-hydrogen) atoms. The zero-order valence-electron chi connectivity index (χ0n) is 4.95. The van der Waals surface area contributed by atoms with Crippen LogP contribution in [0.4, 0.5) is 0 Å². The summed E-state index contributed by atoms with van der Waals surface area (Å²) in [6, 6.07) is 0. The second kappa shape index (κ2) is 4.93. The lowest BCUT2D eigenvalue weighted by Gasteiger charge is -1.83. The number of hydrogen-bond acceptors (Lipinski definition) is 0. The predicted molar refractivity (Wildman–Crippen MR) is 41.0 cm³/mol. The first-order valence-corrected chi connectivity index (χ1v) is 3.62. The van der Waals surface area contributed by atoms with Gasteiger partial charge in [-0.15, -0.1) is 6.42 Å². The van der Waals surface area contributed by atoms with Crippen LogP contribution in [0.25, 0.3) is 0 Å². The standard InChI is InChI=1S/C7H9Br/c1-3-7(2)5-4-6-8/h1,5H,4,6H2,2H3/b7-5+. The summed E-state index contributed by atoms with van der Waals surface area (Å²) in [5.41, 5.74) is 1.02. The molecule has 44 valence electrons. The summed E-state index contributed by atoms with van der Waals surface area (Å²) < 4.78 is 0. The first-order chi connectivity index (χ1) is 3.81. The summed E-state index contributed by atoms with van der Waals surface area (Å²) in [4.78, 5) is 0. The summed E-state index contributed by atoms with van der Waals surface area (Å²) in [6.45, 7) is 1.93. The lowest BCUT2D eigenvalue weighted by atomic mass is 10.3. The molecule has 0 fully saturated rings. The first-order valence-electron chi connectivity index (χ1n) is 2.50. The number of rotatable bonds is 2. The van der Waals surface area contributed by atoms with Crippen molar-refractivity contribution < 1.29 is 0 Å². The molecule has 0 aliphatic heterocycles. The van der Waals surface area contributed by atoms with Gasteiger partial charge in [-0.1, -0.05) is 27.9 Å². The number of hydrogen-bond donors (Lipinski definition) is 0. The predicted octanol–water partition coefficient (Wildman–Crippen LogP) is 2.35. The van der Waals surface area contributed by atoms with Crippen LogP contribution in [0, 0.1) is 12.3 Å². The summed E-state index contributed by atoms with van der Waals surface area (Å²) in [6.07, 6.45) is 8.14. The van der Waals surface area contributed by atoms with E-state index in [1.54, 1.807) is 0 Å². The number of halogens is 1. The Labute approximate surface area is 59.1 Å². The highest BCUT2D eigenvalue weighted by Gasteiger charge is 1.77. The molecule has 0 saturated heterocycles. The molecule has 1 heteroatoms. The van der Waals surface area contributed by atoms with Crippen molar-refractivity contribution in [2.75, 3.05) is 5.33 Å². The van der Waals surface area contributed by atoms with E-state index in [-0.39, 0.29) is 0 Å². The van der Waals surface area contributed by atoms with Gasteiger partial charge in [-0.05, 0) is 18.9 Å². The lowest BCUT2D eigenvalue weighted by Crippen LogP contribution is -1.70. The molecule has 0 N–H and O–H groups in total. The van der Waals surface area contributed by atoms with Crippen LogP contribution in [0.2, 0.25) is 0 Å². The average molecular weight is 173 g/mol. The molecule has 0 aromatic rings. The SMILES string of the molecule is C#C/C(C)=C/CCBr. The maximum atomic E-state index is 5.08. The van der Waals surface area contributed by atoms with Gasteiger partial charge in [0.05, 0.1) is 0 Å². The molecular weight excluding hydrogens is 164 g/mol. The molecular formula is C7H9Br. The number of alkyl halides is 1. The highest BCUT2D eigenvalue weighted by Crippen LogP contribution is 1.94. The Morgan fingerprint density at radius 1 is 1.88 bits per heavy atom. The Morgan fingerprint density at radius 2 is 2.50 bits per heavy atom. The molecule has 0 aromatic carbocycles. The molecule has 0 saturated carbocycles. The molecule has 0 aliphatic carbocycles. The van der Waals surface area contributed by atoms with Crippen LogP contribution < -0.4 is 0 Å². The van der Waals surface area contributed by atoms with E-state index in [9.17, 15) is 0 Å². The molecule has 0 aliphatic rings. The van der Waals surface area contributed by atoms with Crippen LogP contribution in [0.3, 0.4) is 0 Å². The second-order valence-corrected chi connectivity index (χ2v) is 2.30. The van der Waals surface area contributed by atoms with Gasteiger partial charge in [0, 0.05) is 5.33 Å². The van der Waals surface area contributed by atoms with Crippen molar-refractivity contribution in [1.29, 1.82) is 0 Å². The van der Waals surface area contributed by atoms with E-state index in [0.29, 0.717) is 0 Å². The third kappa shape index (κ3) is 3.95. The fraction of sp³-hybridized carbons (Fsp3) is 0.429. The number of terminal acetylenes is 1. The normalized spacial score (nSPS) is 10.9. The van der Waals surface area contributed by atoms with Gasteiger partial charge in [0.25, 0.3) is 0 Å². The van der Waals surface area contributed by atoms with Crippen LogP contribution in [0.5, 0.6) is 0 Å². The van der Waals surface area contributed by atoms with Crippen molar-refractivity contribution in [3.8, 4) is 12.3 Å². The van der Waals surface area contributed by atoms with E-state index in [0.717, 1.165) is 17.3 Å². The van der Waals surface area contributed by atoms with Crippen LogP contribution >= 0.6 is 15.9 Å². The van der Waals surface area contributed by atoms with E-state index in [2.05, 4.69) is 21.9 Å². The Balaban J connectivity index is 3.46. The Morgan fingerprint density at radius 3 is 2.88 bits per heavy atom.